The summed E-state index contributed by atoms with van der Waals surface area (Å²) < 4.78 is 0.679. The van der Waals surface area contributed by atoms with Crippen LogP contribution in [-0.2, 0) is 0 Å². The number of nitrogens with zero attached hydrogens (tertiary/aromatic N) is 1. The first-order chi connectivity index (χ1) is 9.06. The summed E-state index contributed by atoms with van der Waals surface area (Å²) in [7, 11) is 0. The van der Waals surface area contributed by atoms with Crippen LogP contribution in [0.2, 0.25) is 4.34 Å². The molecule has 0 spiro atoms. The average molecular weight is 301 g/mol. The van der Waals surface area contributed by atoms with E-state index in [1.165, 1.54) is 17.8 Å². The molecule has 1 amide bonds. The Morgan fingerprint density at radius 3 is 3.00 bits per heavy atom. The molecule has 1 fully saturated rings. The number of hydrogen-bond donors (Lipinski definition) is 1. The Kier molecular flexibility index (Phi) is 5.25. The predicted molar refractivity (Wildman–Crippen MR) is 81.1 cm³/mol. The van der Waals surface area contributed by atoms with Crippen LogP contribution in [0, 0.1) is 5.92 Å². The van der Waals surface area contributed by atoms with Crippen LogP contribution in [0.4, 0.5) is 0 Å². The van der Waals surface area contributed by atoms with Gasteiger partial charge in [-0.05, 0) is 37.4 Å². The van der Waals surface area contributed by atoms with E-state index in [9.17, 15) is 4.79 Å². The molecule has 0 saturated carbocycles. The molecule has 0 aromatic carbocycles. The lowest BCUT2D eigenvalue weighted by atomic mass is 9.97. The fourth-order valence-corrected chi connectivity index (χ4v) is 3.41. The summed E-state index contributed by atoms with van der Waals surface area (Å²) in [6.07, 6.45) is 2.30. The van der Waals surface area contributed by atoms with Crippen molar-refractivity contribution in [1.29, 1.82) is 0 Å². The molecule has 0 bridgehead atoms. The minimum atomic E-state index is 0.131. The number of nitrogens with one attached hydrogen (secondary N) is 1. The van der Waals surface area contributed by atoms with Crippen molar-refractivity contribution in [3.05, 3.63) is 21.3 Å². The molecule has 1 unspecified atom stereocenters. The van der Waals surface area contributed by atoms with Gasteiger partial charge in [0.15, 0.2) is 0 Å². The quantitative estimate of drug-likeness (QED) is 0.926. The van der Waals surface area contributed by atoms with E-state index >= 15 is 0 Å². The molecular weight excluding hydrogens is 280 g/mol. The van der Waals surface area contributed by atoms with Gasteiger partial charge >= 0.3 is 0 Å². The third-order valence-electron chi connectivity index (χ3n) is 3.40. The van der Waals surface area contributed by atoms with Crippen LogP contribution in [0.5, 0.6) is 0 Å². The van der Waals surface area contributed by atoms with E-state index in [1.807, 2.05) is 11.0 Å². The molecule has 1 N–H and O–H groups in total. The fourth-order valence-electron chi connectivity index (χ4n) is 2.40. The van der Waals surface area contributed by atoms with E-state index in [1.54, 1.807) is 6.07 Å². The van der Waals surface area contributed by atoms with Crippen LogP contribution in [0.15, 0.2) is 12.1 Å². The Bertz CT molecular complexity index is 433. The molecular formula is C14H21ClN2OS. The van der Waals surface area contributed by atoms with Crippen LogP contribution in [0.25, 0.3) is 0 Å². The standard InChI is InChI=1S/C14H21ClN2OS/c1-10(2)16-8-11-4-3-7-17(9-11)14(18)12-5-6-13(15)19-12/h5-6,10-11,16H,3-4,7-9H2,1-2H3. The first kappa shape index (κ1) is 14.8. The van der Waals surface area contributed by atoms with E-state index in [0.29, 0.717) is 16.3 Å². The third kappa shape index (κ3) is 4.20. The lowest BCUT2D eigenvalue weighted by Gasteiger charge is -2.33. The van der Waals surface area contributed by atoms with Crippen molar-refractivity contribution >= 4 is 28.8 Å². The highest BCUT2D eigenvalue weighted by molar-refractivity contribution is 7.17. The Morgan fingerprint density at radius 2 is 2.37 bits per heavy atom. The molecule has 1 aliphatic rings. The van der Waals surface area contributed by atoms with Gasteiger partial charge in [-0.1, -0.05) is 25.4 Å². The largest absolute Gasteiger partial charge is 0.338 e. The minimum Gasteiger partial charge on any atom is -0.338 e. The van der Waals surface area contributed by atoms with E-state index in [0.717, 1.165) is 30.9 Å². The van der Waals surface area contributed by atoms with E-state index < -0.39 is 0 Å². The topological polar surface area (TPSA) is 32.3 Å². The molecule has 1 saturated heterocycles. The van der Waals surface area contributed by atoms with Gasteiger partial charge in [-0.25, -0.2) is 0 Å². The van der Waals surface area contributed by atoms with Gasteiger partial charge < -0.3 is 10.2 Å². The Hall–Kier alpha value is -0.580. The lowest BCUT2D eigenvalue weighted by Crippen LogP contribution is -2.43. The maximum Gasteiger partial charge on any atom is 0.263 e. The van der Waals surface area contributed by atoms with Gasteiger partial charge in [0.25, 0.3) is 5.91 Å². The zero-order chi connectivity index (χ0) is 13.8. The SMILES string of the molecule is CC(C)NCC1CCCN(C(=O)c2ccc(Cl)s2)C1. The molecule has 2 rings (SSSR count). The molecule has 1 aromatic heterocycles. The second kappa shape index (κ2) is 6.73. The summed E-state index contributed by atoms with van der Waals surface area (Å²) in [5, 5.41) is 3.46. The Morgan fingerprint density at radius 1 is 1.58 bits per heavy atom. The molecule has 3 nitrogen and oxygen atoms in total. The summed E-state index contributed by atoms with van der Waals surface area (Å²) in [6.45, 7) is 7.02. The van der Waals surface area contributed by atoms with E-state index in [4.69, 9.17) is 11.6 Å². The van der Waals surface area contributed by atoms with Crippen molar-refractivity contribution in [2.75, 3.05) is 19.6 Å². The van der Waals surface area contributed by atoms with Crippen molar-refractivity contribution in [2.45, 2.75) is 32.7 Å². The highest BCUT2D eigenvalue weighted by Gasteiger charge is 2.25. The highest BCUT2D eigenvalue weighted by Crippen LogP contribution is 2.25. The van der Waals surface area contributed by atoms with E-state index in [-0.39, 0.29) is 5.91 Å². The number of carbonyl (C=O) groups is 1. The first-order valence-corrected chi connectivity index (χ1v) is 8.03. The number of hydrogen-bond acceptors (Lipinski definition) is 3. The highest BCUT2D eigenvalue weighted by atomic mass is 35.5. The van der Waals surface area contributed by atoms with Crippen molar-refractivity contribution in [2.24, 2.45) is 5.92 Å². The van der Waals surface area contributed by atoms with Gasteiger partial charge in [-0.3, -0.25) is 4.79 Å². The van der Waals surface area contributed by atoms with Gasteiger partial charge in [-0.15, -0.1) is 11.3 Å². The van der Waals surface area contributed by atoms with Crippen LogP contribution < -0.4 is 5.32 Å². The second-order valence-electron chi connectivity index (χ2n) is 5.43. The molecule has 5 heteroatoms. The summed E-state index contributed by atoms with van der Waals surface area (Å²) in [5.41, 5.74) is 0. The van der Waals surface area contributed by atoms with Crippen LogP contribution in [-0.4, -0.2) is 36.5 Å². The maximum absolute atomic E-state index is 12.4. The Balaban J connectivity index is 1.91. The van der Waals surface area contributed by atoms with Gasteiger partial charge in [0.1, 0.15) is 0 Å². The Labute approximate surface area is 123 Å². The zero-order valence-corrected chi connectivity index (χ0v) is 13.1. The van der Waals surface area contributed by atoms with Gasteiger partial charge in [0.2, 0.25) is 0 Å². The van der Waals surface area contributed by atoms with Crippen molar-refractivity contribution < 1.29 is 4.79 Å². The molecule has 0 aliphatic carbocycles. The smallest absolute Gasteiger partial charge is 0.263 e. The monoisotopic (exact) mass is 300 g/mol. The molecule has 2 heterocycles. The number of amides is 1. The molecule has 1 aliphatic heterocycles. The molecule has 0 radical (unpaired) electrons. The normalized spacial score (nSPS) is 20.0. The predicted octanol–water partition coefficient (Wildman–Crippen LogP) is 3.25. The first-order valence-electron chi connectivity index (χ1n) is 6.84. The minimum absolute atomic E-state index is 0.131. The number of likely N-dealkylation sites (tertiary alicyclic amines) is 1. The van der Waals surface area contributed by atoms with Gasteiger partial charge in [-0.2, -0.15) is 0 Å². The van der Waals surface area contributed by atoms with Crippen LogP contribution >= 0.6 is 22.9 Å². The third-order valence-corrected chi connectivity index (χ3v) is 4.62. The molecule has 1 aromatic rings. The number of rotatable bonds is 4. The second-order valence-corrected chi connectivity index (χ2v) is 7.14. The fraction of sp³-hybridized carbons (Fsp3) is 0.643. The van der Waals surface area contributed by atoms with Crippen molar-refractivity contribution in [1.82, 2.24) is 10.2 Å². The lowest BCUT2D eigenvalue weighted by molar-refractivity contribution is 0.0677. The average Bonchev–Trinajstić information content (AvgIpc) is 2.82. The summed E-state index contributed by atoms with van der Waals surface area (Å²) in [6, 6.07) is 4.12. The molecule has 1 atom stereocenters. The van der Waals surface area contributed by atoms with Gasteiger partial charge in [0.05, 0.1) is 9.21 Å². The maximum atomic E-state index is 12.4. The molecule has 106 valence electrons. The van der Waals surface area contributed by atoms with Crippen molar-refractivity contribution in [3.63, 3.8) is 0 Å². The van der Waals surface area contributed by atoms with Crippen LogP contribution in [0.3, 0.4) is 0 Å². The summed E-state index contributed by atoms with van der Waals surface area (Å²) >= 11 is 7.26. The number of piperidine rings is 1. The number of halogens is 1. The zero-order valence-electron chi connectivity index (χ0n) is 11.5. The number of thiophene rings is 1. The van der Waals surface area contributed by atoms with Gasteiger partial charge in [0, 0.05) is 19.1 Å². The van der Waals surface area contributed by atoms with Crippen molar-refractivity contribution in [3.8, 4) is 0 Å². The molecule has 19 heavy (non-hydrogen) atoms. The summed E-state index contributed by atoms with van der Waals surface area (Å²) in [4.78, 5) is 15.1. The number of carbonyl (C=O) groups excluding carboxylic acids is 1. The van der Waals surface area contributed by atoms with E-state index in [2.05, 4.69) is 19.2 Å². The summed E-state index contributed by atoms with van der Waals surface area (Å²) in [5.74, 6) is 0.696. The van der Waals surface area contributed by atoms with Crippen LogP contribution in [0.1, 0.15) is 36.4 Å².